The molecular weight excluding hydrogens is 268 g/mol. The standard InChI is InChI=1S/C15H24N4O2/c20-13-6-9-18(10-7-13)11-15(21)17-14-5-8-16-19(14)12-3-1-2-4-12/h5,8,12-13,20H,1-4,6-7,9-11H2,(H,17,21). The van der Waals surface area contributed by atoms with Gasteiger partial charge in [-0.2, -0.15) is 5.10 Å². The number of piperidine rings is 1. The molecule has 2 N–H and O–H groups in total. The van der Waals surface area contributed by atoms with Gasteiger partial charge in [-0.15, -0.1) is 0 Å². The Morgan fingerprint density at radius 3 is 2.71 bits per heavy atom. The average molecular weight is 292 g/mol. The molecule has 1 saturated heterocycles. The van der Waals surface area contributed by atoms with Gasteiger partial charge in [-0.05, 0) is 25.7 Å². The van der Waals surface area contributed by atoms with E-state index in [1.54, 1.807) is 6.20 Å². The molecule has 21 heavy (non-hydrogen) atoms. The van der Waals surface area contributed by atoms with E-state index in [4.69, 9.17) is 0 Å². The first kappa shape index (κ1) is 14.5. The highest BCUT2D eigenvalue weighted by atomic mass is 16.3. The summed E-state index contributed by atoms with van der Waals surface area (Å²) in [5, 5.41) is 16.8. The van der Waals surface area contributed by atoms with Crippen LogP contribution in [0.1, 0.15) is 44.6 Å². The third-order valence-corrected chi connectivity index (χ3v) is 4.53. The zero-order valence-electron chi connectivity index (χ0n) is 12.4. The lowest BCUT2D eigenvalue weighted by molar-refractivity contribution is -0.117. The first-order chi connectivity index (χ1) is 10.2. The molecule has 1 aliphatic heterocycles. The van der Waals surface area contributed by atoms with Crippen molar-refractivity contribution in [1.29, 1.82) is 0 Å². The zero-order chi connectivity index (χ0) is 14.7. The highest BCUT2D eigenvalue weighted by Gasteiger charge is 2.22. The van der Waals surface area contributed by atoms with Crippen LogP contribution >= 0.6 is 0 Å². The van der Waals surface area contributed by atoms with Gasteiger partial charge in [0.25, 0.3) is 0 Å². The molecule has 6 nitrogen and oxygen atoms in total. The van der Waals surface area contributed by atoms with Gasteiger partial charge in [0.1, 0.15) is 5.82 Å². The number of anilines is 1. The molecule has 1 saturated carbocycles. The van der Waals surface area contributed by atoms with Gasteiger partial charge in [-0.25, -0.2) is 4.68 Å². The number of aromatic nitrogens is 2. The molecule has 1 aliphatic carbocycles. The molecule has 2 aliphatic rings. The molecule has 6 heteroatoms. The smallest absolute Gasteiger partial charge is 0.239 e. The number of likely N-dealkylation sites (tertiary alicyclic amines) is 1. The van der Waals surface area contributed by atoms with Crippen LogP contribution in [-0.2, 0) is 4.79 Å². The minimum atomic E-state index is -0.201. The topological polar surface area (TPSA) is 70.4 Å². The summed E-state index contributed by atoms with van der Waals surface area (Å²) in [6.45, 7) is 1.97. The van der Waals surface area contributed by atoms with Crippen molar-refractivity contribution in [1.82, 2.24) is 14.7 Å². The Bertz CT molecular complexity index is 474. The Morgan fingerprint density at radius 2 is 2.00 bits per heavy atom. The van der Waals surface area contributed by atoms with E-state index in [0.29, 0.717) is 12.6 Å². The summed E-state index contributed by atoms with van der Waals surface area (Å²) in [6, 6.07) is 2.30. The fourth-order valence-electron chi connectivity index (χ4n) is 3.32. The lowest BCUT2D eigenvalue weighted by Gasteiger charge is -2.28. The molecule has 0 atom stereocenters. The van der Waals surface area contributed by atoms with Crippen LogP contribution in [-0.4, -0.2) is 51.4 Å². The number of nitrogens with zero attached hydrogens (tertiary/aromatic N) is 3. The predicted molar refractivity (Wildman–Crippen MR) is 80.0 cm³/mol. The highest BCUT2D eigenvalue weighted by Crippen LogP contribution is 2.31. The van der Waals surface area contributed by atoms with Crippen molar-refractivity contribution in [2.24, 2.45) is 0 Å². The van der Waals surface area contributed by atoms with Gasteiger partial charge in [0.05, 0.1) is 24.9 Å². The number of aliphatic hydroxyl groups is 1. The van der Waals surface area contributed by atoms with E-state index in [1.807, 2.05) is 10.7 Å². The monoisotopic (exact) mass is 292 g/mol. The van der Waals surface area contributed by atoms with Crippen molar-refractivity contribution in [2.75, 3.05) is 25.0 Å². The summed E-state index contributed by atoms with van der Waals surface area (Å²) in [4.78, 5) is 14.3. The molecule has 1 aromatic rings. The second-order valence-corrected chi connectivity index (χ2v) is 6.15. The van der Waals surface area contributed by atoms with Gasteiger partial charge in [0.15, 0.2) is 0 Å². The molecule has 0 unspecified atom stereocenters. The molecule has 0 aromatic carbocycles. The molecule has 2 fully saturated rings. The van der Waals surface area contributed by atoms with Gasteiger partial charge >= 0.3 is 0 Å². The molecule has 0 spiro atoms. The van der Waals surface area contributed by atoms with Gasteiger partial charge in [0, 0.05) is 19.2 Å². The van der Waals surface area contributed by atoms with Crippen LogP contribution in [0.25, 0.3) is 0 Å². The summed E-state index contributed by atoms with van der Waals surface area (Å²) in [5.74, 6) is 0.815. The number of aliphatic hydroxyl groups excluding tert-OH is 1. The summed E-state index contributed by atoms with van der Waals surface area (Å²) >= 11 is 0. The SMILES string of the molecule is O=C(CN1CCC(O)CC1)Nc1ccnn1C1CCCC1. The van der Waals surface area contributed by atoms with Crippen molar-refractivity contribution < 1.29 is 9.90 Å². The number of rotatable bonds is 4. The van der Waals surface area contributed by atoms with E-state index in [1.165, 1.54) is 12.8 Å². The van der Waals surface area contributed by atoms with Crippen molar-refractivity contribution in [2.45, 2.75) is 50.7 Å². The number of amides is 1. The van der Waals surface area contributed by atoms with Gasteiger partial charge in [0.2, 0.25) is 5.91 Å². The summed E-state index contributed by atoms with van der Waals surface area (Å²) in [6.07, 6.45) is 7.85. The van der Waals surface area contributed by atoms with E-state index in [-0.39, 0.29) is 12.0 Å². The molecular formula is C15H24N4O2. The largest absolute Gasteiger partial charge is 0.393 e. The van der Waals surface area contributed by atoms with Crippen molar-refractivity contribution >= 4 is 11.7 Å². The minimum Gasteiger partial charge on any atom is -0.393 e. The number of hydrogen-bond donors (Lipinski definition) is 2. The number of nitrogens with one attached hydrogen (secondary N) is 1. The second-order valence-electron chi connectivity index (χ2n) is 6.15. The maximum absolute atomic E-state index is 12.2. The summed E-state index contributed by atoms with van der Waals surface area (Å²) < 4.78 is 1.96. The van der Waals surface area contributed by atoms with Crippen LogP contribution < -0.4 is 5.32 Å². The highest BCUT2D eigenvalue weighted by molar-refractivity contribution is 5.91. The van der Waals surface area contributed by atoms with Crippen LogP contribution in [0.15, 0.2) is 12.3 Å². The average Bonchev–Trinajstić information content (AvgIpc) is 3.11. The van der Waals surface area contributed by atoms with E-state index >= 15 is 0 Å². The number of carbonyl (C=O) groups excluding carboxylic acids is 1. The Kier molecular flexibility index (Phi) is 4.55. The van der Waals surface area contributed by atoms with E-state index in [9.17, 15) is 9.90 Å². The molecule has 116 valence electrons. The minimum absolute atomic E-state index is 0.00568. The van der Waals surface area contributed by atoms with Crippen LogP contribution in [0.5, 0.6) is 0 Å². The van der Waals surface area contributed by atoms with E-state index in [0.717, 1.165) is 44.6 Å². The Balaban J connectivity index is 1.54. The van der Waals surface area contributed by atoms with Crippen LogP contribution in [0.3, 0.4) is 0 Å². The summed E-state index contributed by atoms with van der Waals surface area (Å²) in [7, 11) is 0. The van der Waals surface area contributed by atoms with E-state index in [2.05, 4.69) is 15.3 Å². The molecule has 2 heterocycles. The van der Waals surface area contributed by atoms with Gasteiger partial charge < -0.3 is 10.4 Å². The van der Waals surface area contributed by atoms with Crippen LogP contribution in [0, 0.1) is 0 Å². The van der Waals surface area contributed by atoms with Crippen molar-refractivity contribution in [3.8, 4) is 0 Å². The fraction of sp³-hybridized carbons (Fsp3) is 0.733. The molecule has 0 bridgehead atoms. The first-order valence-corrected chi connectivity index (χ1v) is 7.96. The van der Waals surface area contributed by atoms with Gasteiger partial charge in [-0.1, -0.05) is 12.8 Å². The fourth-order valence-corrected chi connectivity index (χ4v) is 3.32. The lowest BCUT2D eigenvalue weighted by Crippen LogP contribution is -2.40. The third-order valence-electron chi connectivity index (χ3n) is 4.53. The maximum Gasteiger partial charge on any atom is 0.239 e. The second kappa shape index (κ2) is 6.58. The Morgan fingerprint density at radius 1 is 1.29 bits per heavy atom. The molecule has 1 amide bonds. The first-order valence-electron chi connectivity index (χ1n) is 7.96. The van der Waals surface area contributed by atoms with Crippen LogP contribution in [0.4, 0.5) is 5.82 Å². The normalized spacial score (nSPS) is 21.8. The Hall–Kier alpha value is -1.40. The number of hydrogen-bond acceptors (Lipinski definition) is 4. The summed E-state index contributed by atoms with van der Waals surface area (Å²) in [5.41, 5.74) is 0. The lowest BCUT2D eigenvalue weighted by atomic mass is 10.1. The molecule has 3 rings (SSSR count). The van der Waals surface area contributed by atoms with Crippen LogP contribution in [0.2, 0.25) is 0 Å². The maximum atomic E-state index is 12.2. The molecule has 1 aromatic heterocycles. The quantitative estimate of drug-likeness (QED) is 0.880. The van der Waals surface area contributed by atoms with Crippen molar-refractivity contribution in [3.05, 3.63) is 12.3 Å². The number of carbonyl (C=O) groups is 1. The van der Waals surface area contributed by atoms with E-state index < -0.39 is 0 Å². The third kappa shape index (κ3) is 3.63. The van der Waals surface area contributed by atoms with Crippen molar-refractivity contribution in [3.63, 3.8) is 0 Å². The Labute approximate surface area is 125 Å². The van der Waals surface area contributed by atoms with Gasteiger partial charge in [-0.3, -0.25) is 9.69 Å². The molecule has 0 radical (unpaired) electrons. The predicted octanol–water partition coefficient (Wildman–Crippen LogP) is 1.39. The zero-order valence-corrected chi connectivity index (χ0v) is 12.4.